The Hall–Kier alpha value is -1.98. The molecule has 0 bridgehead atoms. The zero-order valence-electron chi connectivity index (χ0n) is 14.9. The number of amides is 1. The number of rotatable bonds is 7. The molecular weight excluding hydrogens is 348 g/mol. The lowest BCUT2D eigenvalue weighted by atomic mass is 9.93. The minimum Gasteiger partial charge on any atom is -0.352 e. The van der Waals surface area contributed by atoms with Crippen LogP contribution in [0.1, 0.15) is 37.1 Å². The Morgan fingerprint density at radius 2 is 2.04 bits per heavy atom. The molecular formula is C20H25ClN4O. The quantitative estimate of drug-likeness (QED) is 0.808. The summed E-state index contributed by atoms with van der Waals surface area (Å²) in [4.78, 5) is 23.2. The standard InChI is InChI=1S/C20H25ClN4O/c21-18-7-2-1-6-17(18)13-24-20(26)9-8-16-5-3-12-25(14-16)15-19-22-10-4-11-23-19/h1-2,4,6-7,10-11,16H,3,5,8-9,12-15H2,(H,24,26). The van der Waals surface area contributed by atoms with Gasteiger partial charge in [-0.15, -0.1) is 0 Å². The van der Waals surface area contributed by atoms with Gasteiger partial charge < -0.3 is 5.32 Å². The molecule has 6 heteroatoms. The number of carbonyl (C=O) groups excluding carboxylic acids is 1. The highest BCUT2D eigenvalue weighted by Gasteiger charge is 2.21. The molecule has 5 nitrogen and oxygen atoms in total. The molecule has 2 aromatic rings. The second-order valence-electron chi connectivity index (χ2n) is 6.82. The van der Waals surface area contributed by atoms with Crippen LogP contribution in [0.15, 0.2) is 42.7 Å². The van der Waals surface area contributed by atoms with Crippen molar-refractivity contribution in [1.82, 2.24) is 20.2 Å². The first kappa shape index (κ1) is 18.8. The highest BCUT2D eigenvalue weighted by atomic mass is 35.5. The molecule has 2 heterocycles. The first-order valence-corrected chi connectivity index (χ1v) is 9.57. The molecule has 1 amide bonds. The molecule has 1 aliphatic rings. The summed E-state index contributed by atoms with van der Waals surface area (Å²) < 4.78 is 0. The fourth-order valence-corrected chi connectivity index (χ4v) is 3.60. The van der Waals surface area contributed by atoms with E-state index in [0.29, 0.717) is 23.9 Å². The highest BCUT2D eigenvalue weighted by Crippen LogP contribution is 2.22. The summed E-state index contributed by atoms with van der Waals surface area (Å²) in [6, 6.07) is 9.44. The lowest BCUT2D eigenvalue weighted by molar-refractivity contribution is -0.121. The molecule has 1 saturated heterocycles. The molecule has 1 atom stereocenters. The SMILES string of the molecule is O=C(CCC1CCCN(Cc2ncccn2)C1)NCc1ccccc1Cl. The molecule has 0 spiro atoms. The Balaban J connectivity index is 1.39. The van der Waals surface area contributed by atoms with Crippen molar-refractivity contribution in [3.05, 3.63) is 59.1 Å². The van der Waals surface area contributed by atoms with Crippen molar-refractivity contribution in [3.63, 3.8) is 0 Å². The lowest BCUT2D eigenvalue weighted by Crippen LogP contribution is -2.36. The van der Waals surface area contributed by atoms with Crippen LogP contribution in [0, 0.1) is 5.92 Å². The maximum atomic E-state index is 12.2. The van der Waals surface area contributed by atoms with E-state index in [-0.39, 0.29) is 5.91 Å². The molecule has 1 aliphatic heterocycles. The molecule has 26 heavy (non-hydrogen) atoms. The fraction of sp³-hybridized carbons (Fsp3) is 0.450. The Kier molecular flexibility index (Phi) is 6.97. The predicted molar refractivity (Wildman–Crippen MR) is 103 cm³/mol. The minimum absolute atomic E-state index is 0.0911. The molecule has 1 unspecified atom stereocenters. The summed E-state index contributed by atoms with van der Waals surface area (Å²) in [7, 11) is 0. The molecule has 1 aromatic carbocycles. The highest BCUT2D eigenvalue weighted by molar-refractivity contribution is 6.31. The number of carbonyl (C=O) groups is 1. The van der Waals surface area contributed by atoms with Gasteiger partial charge in [0, 0.05) is 36.9 Å². The summed E-state index contributed by atoms with van der Waals surface area (Å²) >= 11 is 6.12. The van der Waals surface area contributed by atoms with Gasteiger partial charge in [0.25, 0.3) is 0 Å². The number of piperidine rings is 1. The van der Waals surface area contributed by atoms with E-state index in [1.807, 2.05) is 30.3 Å². The minimum atomic E-state index is 0.0911. The summed E-state index contributed by atoms with van der Waals surface area (Å²) in [6.07, 6.45) is 7.40. The van der Waals surface area contributed by atoms with Crippen LogP contribution in [-0.2, 0) is 17.9 Å². The largest absolute Gasteiger partial charge is 0.352 e. The van der Waals surface area contributed by atoms with Crippen LogP contribution in [0.3, 0.4) is 0 Å². The van der Waals surface area contributed by atoms with Crippen LogP contribution in [0.2, 0.25) is 5.02 Å². The molecule has 138 valence electrons. The third-order valence-electron chi connectivity index (χ3n) is 4.80. The molecule has 0 aliphatic carbocycles. The smallest absolute Gasteiger partial charge is 0.220 e. The number of likely N-dealkylation sites (tertiary alicyclic amines) is 1. The van der Waals surface area contributed by atoms with Gasteiger partial charge in [0.15, 0.2) is 0 Å². The average molecular weight is 373 g/mol. The summed E-state index contributed by atoms with van der Waals surface area (Å²) in [5.74, 6) is 1.51. The van der Waals surface area contributed by atoms with Crippen molar-refractivity contribution in [1.29, 1.82) is 0 Å². The van der Waals surface area contributed by atoms with Crippen molar-refractivity contribution in [2.24, 2.45) is 5.92 Å². The molecule has 1 fully saturated rings. The van der Waals surface area contributed by atoms with Gasteiger partial charge in [0.1, 0.15) is 5.82 Å². The first-order valence-electron chi connectivity index (χ1n) is 9.19. The van der Waals surface area contributed by atoms with Crippen molar-refractivity contribution in [2.75, 3.05) is 13.1 Å². The number of hydrogen-bond donors (Lipinski definition) is 1. The summed E-state index contributed by atoms with van der Waals surface area (Å²) in [5, 5.41) is 3.67. The number of hydrogen-bond acceptors (Lipinski definition) is 4. The summed E-state index contributed by atoms with van der Waals surface area (Å²) in [5.41, 5.74) is 0.953. The second-order valence-corrected chi connectivity index (χ2v) is 7.22. The maximum Gasteiger partial charge on any atom is 0.220 e. The van der Waals surface area contributed by atoms with Gasteiger partial charge in [-0.1, -0.05) is 29.8 Å². The van der Waals surface area contributed by atoms with Crippen molar-refractivity contribution >= 4 is 17.5 Å². The van der Waals surface area contributed by atoms with E-state index < -0.39 is 0 Å². The van der Waals surface area contributed by atoms with Crippen LogP contribution in [0.4, 0.5) is 0 Å². The topological polar surface area (TPSA) is 58.1 Å². The van der Waals surface area contributed by atoms with Crippen LogP contribution in [0.5, 0.6) is 0 Å². The molecule has 0 radical (unpaired) electrons. The normalized spacial score (nSPS) is 17.8. The molecule has 3 rings (SSSR count). The third kappa shape index (κ3) is 5.78. The van der Waals surface area contributed by atoms with Crippen LogP contribution in [-0.4, -0.2) is 33.9 Å². The number of nitrogens with zero attached hydrogens (tertiary/aromatic N) is 3. The van der Waals surface area contributed by atoms with Crippen LogP contribution in [0.25, 0.3) is 0 Å². The zero-order valence-corrected chi connectivity index (χ0v) is 15.7. The van der Waals surface area contributed by atoms with Crippen LogP contribution < -0.4 is 5.32 Å². The van der Waals surface area contributed by atoms with E-state index in [9.17, 15) is 4.79 Å². The van der Waals surface area contributed by atoms with Gasteiger partial charge in [-0.05, 0) is 49.4 Å². The number of benzene rings is 1. The van der Waals surface area contributed by atoms with Crippen molar-refractivity contribution < 1.29 is 4.79 Å². The van der Waals surface area contributed by atoms with E-state index in [2.05, 4.69) is 20.2 Å². The number of halogens is 1. The van der Waals surface area contributed by atoms with E-state index in [1.54, 1.807) is 12.4 Å². The monoisotopic (exact) mass is 372 g/mol. The van der Waals surface area contributed by atoms with E-state index in [1.165, 1.54) is 12.8 Å². The Bertz CT molecular complexity index is 710. The van der Waals surface area contributed by atoms with Gasteiger partial charge in [-0.3, -0.25) is 9.69 Å². The maximum absolute atomic E-state index is 12.2. The van der Waals surface area contributed by atoms with Crippen LogP contribution >= 0.6 is 11.6 Å². The predicted octanol–water partition coefficient (Wildman–Crippen LogP) is 3.44. The fourth-order valence-electron chi connectivity index (χ4n) is 3.40. The van der Waals surface area contributed by atoms with E-state index in [0.717, 1.165) is 37.4 Å². The van der Waals surface area contributed by atoms with Crippen molar-refractivity contribution in [2.45, 2.75) is 38.8 Å². The molecule has 1 aromatic heterocycles. The third-order valence-corrected chi connectivity index (χ3v) is 5.17. The molecule has 0 saturated carbocycles. The van der Waals surface area contributed by atoms with Gasteiger partial charge in [-0.25, -0.2) is 9.97 Å². The second kappa shape index (κ2) is 9.64. The zero-order chi connectivity index (χ0) is 18.2. The Morgan fingerprint density at radius 1 is 1.23 bits per heavy atom. The average Bonchev–Trinajstić information content (AvgIpc) is 2.67. The van der Waals surface area contributed by atoms with Gasteiger partial charge >= 0.3 is 0 Å². The number of nitrogens with one attached hydrogen (secondary N) is 1. The first-order chi connectivity index (χ1) is 12.7. The van der Waals surface area contributed by atoms with Gasteiger partial charge in [0.2, 0.25) is 5.91 Å². The Labute approximate surface area is 159 Å². The number of aromatic nitrogens is 2. The van der Waals surface area contributed by atoms with Crippen molar-refractivity contribution in [3.8, 4) is 0 Å². The summed E-state index contributed by atoms with van der Waals surface area (Å²) in [6.45, 7) is 3.36. The molecule has 1 N–H and O–H groups in total. The van der Waals surface area contributed by atoms with E-state index >= 15 is 0 Å². The van der Waals surface area contributed by atoms with Gasteiger partial charge in [-0.2, -0.15) is 0 Å². The lowest BCUT2D eigenvalue weighted by Gasteiger charge is -2.32. The van der Waals surface area contributed by atoms with E-state index in [4.69, 9.17) is 11.6 Å². The van der Waals surface area contributed by atoms with Gasteiger partial charge in [0.05, 0.1) is 6.54 Å². The Morgan fingerprint density at radius 3 is 2.85 bits per heavy atom.